The largest absolute Gasteiger partial charge is 0.482 e. The number of hydrogen-bond donors (Lipinski definition) is 1. The monoisotopic (exact) mass is 191 g/mol. The van der Waals surface area contributed by atoms with Crippen LogP contribution in [0.25, 0.3) is 5.65 Å². The van der Waals surface area contributed by atoms with E-state index in [9.17, 15) is 0 Å². The van der Waals surface area contributed by atoms with Gasteiger partial charge in [0.15, 0.2) is 0 Å². The van der Waals surface area contributed by atoms with Crippen molar-refractivity contribution in [2.75, 3.05) is 12.8 Å². The van der Waals surface area contributed by atoms with Gasteiger partial charge < -0.3 is 10.5 Å². The Balaban J connectivity index is 2.76. The quantitative estimate of drug-likeness (QED) is 0.782. The van der Waals surface area contributed by atoms with E-state index in [0.29, 0.717) is 5.82 Å². The maximum absolute atomic E-state index is 5.76. The fourth-order valence-corrected chi connectivity index (χ4v) is 1.51. The summed E-state index contributed by atoms with van der Waals surface area (Å²) in [5.74, 6) is 1.33. The van der Waals surface area contributed by atoms with Crippen molar-refractivity contribution in [3.8, 4) is 5.88 Å². The molecule has 2 N–H and O–H groups in total. The van der Waals surface area contributed by atoms with E-state index in [1.807, 2.05) is 12.1 Å². The first kappa shape index (κ1) is 8.87. The molecule has 0 aliphatic carbocycles. The van der Waals surface area contributed by atoms with Gasteiger partial charge in [0.2, 0.25) is 5.88 Å². The van der Waals surface area contributed by atoms with Crippen molar-refractivity contribution in [3.63, 3.8) is 0 Å². The van der Waals surface area contributed by atoms with Gasteiger partial charge in [-0.3, -0.25) is 0 Å². The minimum Gasteiger partial charge on any atom is -0.482 e. The number of fused-ring (bicyclic) bond motifs is 1. The van der Waals surface area contributed by atoms with Crippen molar-refractivity contribution in [2.45, 2.75) is 13.3 Å². The second-order valence-electron chi connectivity index (χ2n) is 3.14. The van der Waals surface area contributed by atoms with Crippen molar-refractivity contribution in [1.82, 2.24) is 9.38 Å². The zero-order valence-electron chi connectivity index (χ0n) is 8.32. The van der Waals surface area contributed by atoms with Gasteiger partial charge in [0.1, 0.15) is 11.5 Å². The van der Waals surface area contributed by atoms with E-state index in [2.05, 4.69) is 11.9 Å². The summed E-state index contributed by atoms with van der Waals surface area (Å²) in [6.07, 6.45) is 2.59. The topological polar surface area (TPSA) is 52.5 Å². The molecule has 2 heterocycles. The van der Waals surface area contributed by atoms with Crippen molar-refractivity contribution < 1.29 is 4.74 Å². The highest BCUT2D eigenvalue weighted by atomic mass is 16.5. The minimum absolute atomic E-state index is 0.597. The number of nitrogens with zero attached hydrogens (tertiary/aromatic N) is 2. The first-order valence-electron chi connectivity index (χ1n) is 4.56. The van der Waals surface area contributed by atoms with Gasteiger partial charge in [-0.05, 0) is 18.1 Å². The lowest BCUT2D eigenvalue weighted by molar-refractivity contribution is 0.392. The van der Waals surface area contributed by atoms with Crippen LogP contribution in [0.2, 0.25) is 0 Å². The summed E-state index contributed by atoms with van der Waals surface area (Å²) in [4.78, 5) is 4.19. The number of methoxy groups -OCH3 is 1. The first-order valence-corrected chi connectivity index (χ1v) is 4.56. The lowest BCUT2D eigenvalue weighted by atomic mass is 10.2. The fraction of sp³-hybridized carbons (Fsp3) is 0.300. The molecular formula is C10H13N3O. The highest BCUT2D eigenvalue weighted by Gasteiger charge is 2.06. The minimum atomic E-state index is 0.597. The molecule has 4 heteroatoms. The molecule has 14 heavy (non-hydrogen) atoms. The van der Waals surface area contributed by atoms with E-state index in [4.69, 9.17) is 10.5 Å². The standard InChI is InChI=1S/C10H13N3O/c1-3-7-4-9-12-6-8(11)13(9)10(5-7)14-2/h4-6H,3,11H2,1-2H3. The molecule has 0 aliphatic heterocycles. The molecular weight excluding hydrogens is 178 g/mol. The van der Waals surface area contributed by atoms with Crippen molar-refractivity contribution in [1.29, 1.82) is 0 Å². The van der Waals surface area contributed by atoms with Crippen LogP contribution in [0.15, 0.2) is 18.3 Å². The van der Waals surface area contributed by atoms with Crippen molar-refractivity contribution in [3.05, 3.63) is 23.9 Å². The lowest BCUT2D eigenvalue weighted by Crippen LogP contribution is -1.99. The third-order valence-electron chi connectivity index (χ3n) is 2.28. The molecule has 0 amide bonds. The second kappa shape index (κ2) is 3.21. The Kier molecular flexibility index (Phi) is 2.04. The summed E-state index contributed by atoms with van der Waals surface area (Å²) >= 11 is 0. The van der Waals surface area contributed by atoms with Crippen molar-refractivity contribution >= 4 is 11.5 Å². The molecule has 0 atom stereocenters. The maximum Gasteiger partial charge on any atom is 0.200 e. The molecule has 0 fully saturated rings. The van der Waals surface area contributed by atoms with E-state index < -0.39 is 0 Å². The molecule has 2 aromatic heterocycles. The van der Waals surface area contributed by atoms with E-state index in [1.165, 1.54) is 5.56 Å². The Hall–Kier alpha value is -1.71. The molecule has 0 bridgehead atoms. The Morgan fingerprint density at radius 2 is 2.29 bits per heavy atom. The Bertz CT molecular complexity index is 462. The predicted octanol–water partition coefficient (Wildman–Crippen LogP) is 1.49. The molecule has 74 valence electrons. The number of aryl methyl sites for hydroxylation is 1. The number of imidazole rings is 1. The summed E-state index contributed by atoms with van der Waals surface area (Å²) in [6, 6.07) is 3.99. The summed E-state index contributed by atoms with van der Waals surface area (Å²) in [5.41, 5.74) is 7.79. The molecule has 0 saturated heterocycles. The lowest BCUT2D eigenvalue weighted by Gasteiger charge is -2.07. The molecule has 4 nitrogen and oxygen atoms in total. The molecule has 2 aromatic rings. The van der Waals surface area contributed by atoms with Gasteiger partial charge in [-0.15, -0.1) is 0 Å². The zero-order chi connectivity index (χ0) is 10.1. The number of nitrogen functional groups attached to an aromatic ring is 1. The fourth-order valence-electron chi connectivity index (χ4n) is 1.51. The van der Waals surface area contributed by atoms with E-state index >= 15 is 0 Å². The Morgan fingerprint density at radius 3 is 2.93 bits per heavy atom. The van der Waals surface area contributed by atoms with Crippen LogP contribution in [0.3, 0.4) is 0 Å². The average Bonchev–Trinajstić information content (AvgIpc) is 2.59. The summed E-state index contributed by atoms with van der Waals surface area (Å²) in [6.45, 7) is 2.09. The molecule has 0 spiro atoms. The van der Waals surface area contributed by atoms with Crippen LogP contribution in [0, 0.1) is 0 Å². The van der Waals surface area contributed by atoms with Crippen LogP contribution in [0.4, 0.5) is 5.82 Å². The number of pyridine rings is 1. The van der Waals surface area contributed by atoms with E-state index in [0.717, 1.165) is 17.9 Å². The van der Waals surface area contributed by atoms with Crippen LogP contribution < -0.4 is 10.5 Å². The van der Waals surface area contributed by atoms with Gasteiger partial charge in [0, 0.05) is 6.07 Å². The number of ether oxygens (including phenoxy) is 1. The summed E-state index contributed by atoms with van der Waals surface area (Å²) in [7, 11) is 1.63. The predicted molar refractivity (Wildman–Crippen MR) is 55.5 cm³/mol. The van der Waals surface area contributed by atoms with Gasteiger partial charge in [0.25, 0.3) is 0 Å². The molecule has 0 aromatic carbocycles. The number of aromatic nitrogens is 2. The maximum atomic E-state index is 5.76. The van der Waals surface area contributed by atoms with Crippen LogP contribution in [-0.2, 0) is 6.42 Å². The molecule has 0 saturated carbocycles. The van der Waals surface area contributed by atoms with Gasteiger partial charge >= 0.3 is 0 Å². The summed E-state index contributed by atoms with van der Waals surface area (Å²) in [5, 5.41) is 0. The number of hydrogen-bond acceptors (Lipinski definition) is 3. The highest BCUT2D eigenvalue weighted by molar-refractivity contribution is 5.53. The first-order chi connectivity index (χ1) is 6.76. The Labute approximate surface area is 82.3 Å². The van der Waals surface area contributed by atoms with Gasteiger partial charge in [-0.1, -0.05) is 6.92 Å². The number of nitrogens with two attached hydrogens (primary N) is 1. The third-order valence-corrected chi connectivity index (χ3v) is 2.28. The smallest absolute Gasteiger partial charge is 0.200 e. The second-order valence-corrected chi connectivity index (χ2v) is 3.14. The number of rotatable bonds is 2. The Morgan fingerprint density at radius 1 is 1.50 bits per heavy atom. The number of anilines is 1. The van der Waals surface area contributed by atoms with Gasteiger partial charge in [-0.25, -0.2) is 9.38 Å². The van der Waals surface area contributed by atoms with E-state index in [1.54, 1.807) is 17.7 Å². The highest BCUT2D eigenvalue weighted by Crippen LogP contribution is 2.21. The molecule has 0 unspecified atom stereocenters. The summed E-state index contributed by atoms with van der Waals surface area (Å²) < 4.78 is 7.04. The van der Waals surface area contributed by atoms with Crippen LogP contribution >= 0.6 is 0 Å². The van der Waals surface area contributed by atoms with Crippen molar-refractivity contribution in [2.24, 2.45) is 0 Å². The molecule has 0 aliphatic rings. The van der Waals surface area contributed by atoms with Crippen LogP contribution in [-0.4, -0.2) is 16.5 Å². The average molecular weight is 191 g/mol. The normalized spacial score (nSPS) is 10.7. The van der Waals surface area contributed by atoms with Crippen LogP contribution in [0.5, 0.6) is 5.88 Å². The van der Waals surface area contributed by atoms with Gasteiger partial charge in [-0.2, -0.15) is 0 Å². The van der Waals surface area contributed by atoms with Gasteiger partial charge in [0.05, 0.1) is 13.3 Å². The zero-order valence-corrected chi connectivity index (χ0v) is 8.32. The van der Waals surface area contributed by atoms with E-state index in [-0.39, 0.29) is 0 Å². The SMILES string of the molecule is CCc1cc(OC)n2c(N)cnc2c1. The molecule has 2 rings (SSSR count). The van der Waals surface area contributed by atoms with Crippen LogP contribution in [0.1, 0.15) is 12.5 Å². The third kappa shape index (κ3) is 1.19. The molecule has 0 radical (unpaired) electrons.